The van der Waals surface area contributed by atoms with Crippen LogP contribution < -0.4 is 25.0 Å². The van der Waals surface area contributed by atoms with Gasteiger partial charge in [-0.1, -0.05) is 0 Å². The number of anilines is 1. The van der Waals surface area contributed by atoms with Gasteiger partial charge in [-0.05, 0) is 19.1 Å². The van der Waals surface area contributed by atoms with Crippen LogP contribution in [-0.4, -0.2) is 19.3 Å². The van der Waals surface area contributed by atoms with E-state index in [2.05, 4.69) is 5.32 Å². The van der Waals surface area contributed by atoms with E-state index < -0.39 is 5.91 Å². The number of hydrogen-bond acceptors (Lipinski definition) is 6. The molecule has 2 aromatic rings. The summed E-state index contributed by atoms with van der Waals surface area (Å²) in [6.45, 7) is 1.45. The number of carbonyl (C=O) groups excluding carboxylic acids is 1. The molecule has 0 aliphatic carbocycles. The van der Waals surface area contributed by atoms with Gasteiger partial charge in [0.1, 0.15) is 5.76 Å². The second-order valence-corrected chi connectivity index (χ2v) is 4.58. The number of fused-ring (bicyclic) bond motifs is 1. The molecule has 0 spiro atoms. The number of hydrogen-bond donors (Lipinski definition) is 1. The summed E-state index contributed by atoms with van der Waals surface area (Å²) < 4.78 is 20.7. The highest BCUT2D eigenvalue weighted by Gasteiger charge is 2.15. The first kappa shape index (κ1) is 14.0. The van der Waals surface area contributed by atoms with Crippen molar-refractivity contribution in [2.75, 3.05) is 18.7 Å². The molecule has 3 rings (SSSR count). The van der Waals surface area contributed by atoms with Gasteiger partial charge in [0.05, 0.1) is 6.26 Å². The minimum Gasteiger partial charge on any atom is -0.476 e. The average molecular weight is 303 g/mol. The Kier molecular flexibility index (Phi) is 3.69. The van der Waals surface area contributed by atoms with E-state index in [9.17, 15) is 9.59 Å². The number of nitrogens with one attached hydrogen (secondary N) is 1. The average Bonchev–Trinajstić information content (AvgIpc) is 2.94. The van der Waals surface area contributed by atoms with Crippen LogP contribution in [0.2, 0.25) is 0 Å². The lowest BCUT2D eigenvalue weighted by Gasteiger charge is -2.08. The third kappa shape index (κ3) is 2.88. The van der Waals surface area contributed by atoms with Crippen molar-refractivity contribution in [2.24, 2.45) is 0 Å². The highest BCUT2D eigenvalue weighted by molar-refractivity contribution is 5.92. The Hall–Kier alpha value is -2.96. The monoisotopic (exact) mass is 303 g/mol. The molecule has 0 unspecified atom stereocenters. The van der Waals surface area contributed by atoms with E-state index in [1.165, 1.54) is 12.3 Å². The molecule has 1 aromatic heterocycles. The minimum atomic E-state index is -0.401. The van der Waals surface area contributed by atoms with Gasteiger partial charge >= 0.3 is 0 Å². The van der Waals surface area contributed by atoms with Crippen LogP contribution in [-0.2, 0) is 4.79 Å². The lowest BCUT2D eigenvalue weighted by atomic mass is 10.3. The Morgan fingerprint density at radius 1 is 1.27 bits per heavy atom. The number of ether oxygens (including phenoxy) is 3. The van der Waals surface area contributed by atoms with E-state index in [-0.39, 0.29) is 24.6 Å². The van der Waals surface area contributed by atoms with Crippen LogP contribution in [0.5, 0.6) is 17.2 Å². The first-order valence-electron chi connectivity index (χ1n) is 6.54. The molecule has 0 saturated carbocycles. The van der Waals surface area contributed by atoms with E-state index in [0.29, 0.717) is 22.9 Å². The number of carbonyl (C=O) groups is 1. The topological polar surface area (TPSA) is 87.0 Å². The Bertz CT molecular complexity index is 767. The Labute approximate surface area is 125 Å². The standard InChI is InChI=1S/C15H13NO6/c1-9-15(11(17)4-5-19-9)20-7-14(18)16-10-2-3-12-13(6-10)22-8-21-12/h2-6H,7-8H2,1H3,(H,16,18). The smallest absolute Gasteiger partial charge is 0.262 e. The molecular weight excluding hydrogens is 290 g/mol. The number of benzene rings is 1. The van der Waals surface area contributed by atoms with Gasteiger partial charge in [-0.2, -0.15) is 0 Å². The van der Waals surface area contributed by atoms with Crippen LogP contribution in [0, 0.1) is 6.92 Å². The van der Waals surface area contributed by atoms with Crippen molar-refractivity contribution in [3.05, 3.63) is 46.5 Å². The fourth-order valence-electron chi connectivity index (χ4n) is 1.98. The molecule has 1 amide bonds. The SMILES string of the molecule is Cc1occc(=O)c1OCC(=O)Nc1ccc2c(c1)OCO2. The molecule has 1 N–H and O–H groups in total. The van der Waals surface area contributed by atoms with Gasteiger partial charge < -0.3 is 23.9 Å². The molecule has 1 aliphatic rings. The largest absolute Gasteiger partial charge is 0.476 e. The number of aryl methyl sites for hydroxylation is 1. The van der Waals surface area contributed by atoms with Crippen molar-refractivity contribution < 1.29 is 23.4 Å². The van der Waals surface area contributed by atoms with Gasteiger partial charge in [0, 0.05) is 17.8 Å². The molecule has 0 saturated heterocycles. The second kappa shape index (κ2) is 5.80. The number of rotatable bonds is 4. The van der Waals surface area contributed by atoms with Gasteiger partial charge in [0.15, 0.2) is 18.1 Å². The number of amides is 1. The fourth-order valence-corrected chi connectivity index (χ4v) is 1.98. The molecule has 0 atom stereocenters. The summed E-state index contributed by atoms with van der Waals surface area (Å²) in [6.07, 6.45) is 1.28. The van der Waals surface area contributed by atoms with Crippen molar-refractivity contribution >= 4 is 11.6 Å². The maximum absolute atomic E-state index is 11.9. The molecule has 1 aliphatic heterocycles. The molecule has 22 heavy (non-hydrogen) atoms. The fraction of sp³-hybridized carbons (Fsp3) is 0.200. The highest BCUT2D eigenvalue weighted by atomic mass is 16.7. The van der Waals surface area contributed by atoms with Crippen LogP contribution in [0.15, 0.2) is 39.7 Å². The van der Waals surface area contributed by atoms with Crippen molar-refractivity contribution in [3.63, 3.8) is 0 Å². The molecule has 0 radical (unpaired) electrons. The van der Waals surface area contributed by atoms with Crippen molar-refractivity contribution in [1.82, 2.24) is 0 Å². The summed E-state index contributed by atoms with van der Waals surface area (Å²) in [7, 11) is 0. The molecule has 2 heterocycles. The lowest BCUT2D eigenvalue weighted by Crippen LogP contribution is -2.22. The van der Waals surface area contributed by atoms with Crippen molar-refractivity contribution in [3.8, 4) is 17.2 Å². The van der Waals surface area contributed by atoms with Crippen molar-refractivity contribution in [1.29, 1.82) is 0 Å². The van der Waals surface area contributed by atoms with E-state index >= 15 is 0 Å². The van der Waals surface area contributed by atoms with Gasteiger partial charge in [-0.3, -0.25) is 9.59 Å². The zero-order valence-electron chi connectivity index (χ0n) is 11.8. The lowest BCUT2D eigenvalue weighted by molar-refractivity contribution is -0.118. The summed E-state index contributed by atoms with van der Waals surface area (Å²) in [4.78, 5) is 23.5. The Morgan fingerprint density at radius 2 is 2.09 bits per heavy atom. The maximum atomic E-state index is 11.9. The van der Waals surface area contributed by atoms with Crippen LogP contribution in [0.4, 0.5) is 5.69 Å². The normalized spacial score (nSPS) is 12.0. The predicted molar refractivity (Wildman–Crippen MR) is 76.4 cm³/mol. The first-order valence-corrected chi connectivity index (χ1v) is 6.54. The van der Waals surface area contributed by atoms with Gasteiger partial charge in [0.2, 0.25) is 18.0 Å². The molecule has 114 valence electrons. The summed E-state index contributed by atoms with van der Waals surface area (Å²) in [5.41, 5.74) is 0.217. The summed E-state index contributed by atoms with van der Waals surface area (Å²) in [5, 5.41) is 2.65. The van der Waals surface area contributed by atoms with E-state index in [1.54, 1.807) is 25.1 Å². The minimum absolute atomic E-state index is 0.0309. The second-order valence-electron chi connectivity index (χ2n) is 4.58. The van der Waals surface area contributed by atoms with Crippen LogP contribution in [0.1, 0.15) is 5.76 Å². The zero-order valence-corrected chi connectivity index (χ0v) is 11.8. The van der Waals surface area contributed by atoms with E-state index in [4.69, 9.17) is 18.6 Å². The molecule has 7 heteroatoms. The highest BCUT2D eigenvalue weighted by Crippen LogP contribution is 2.34. The Balaban J connectivity index is 1.62. The molecular formula is C15H13NO6. The van der Waals surface area contributed by atoms with Crippen LogP contribution in [0.3, 0.4) is 0 Å². The molecule has 0 bridgehead atoms. The zero-order chi connectivity index (χ0) is 15.5. The van der Waals surface area contributed by atoms with Crippen LogP contribution >= 0.6 is 0 Å². The molecule has 1 aromatic carbocycles. The summed E-state index contributed by atoms with van der Waals surface area (Å²) in [5.74, 6) is 1.15. The third-order valence-corrected chi connectivity index (χ3v) is 3.01. The third-order valence-electron chi connectivity index (χ3n) is 3.01. The van der Waals surface area contributed by atoms with E-state index in [0.717, 1.165) is 0 Å². The summed E-state index contributed by atoms with van der Waals surface area (Å²) >= 11 is 0. The maximum Gasteiger partial charge on any atom is 0.262 e. The van der Waals surface area contributed by atoms with Gasteiger partial charge in [0.25, 0.3) is 5.91 Å². The van der Waals surface area contributed by atoms with Crippen LogP contribution in [0.25, 0.3) is 0 Å². The van der Waals surface area contributed by atoms with Gasteiger partial charge in [-0.15, -0.1) is 0 Å². The molecule has 7 nitrogen and oxygen atoms in total. The summed E-state index contributed by atoms with van der Waals surface area (Å²) in [6, 6.07) is 6.28. The van der Waals surface area contributed by atoms with Gasteiger partial charge in [-0.25, -0.2) is 0 Å². The quantitative estimate of drug-likeness (QED) is 0.925. The van der Waals surface area contributed by atoms with E-state index in [1.807, 2.05) is 0 Å². The molecule has 0 fully saturated rings. The van der Waals surface area contributed by atoms with Crippen molar-refractivity contribution in [2.45, 2.75) is 6.92 Å². The predicted octanol–water partition coefficient (Wildman–Crippen LogP) is 1.69. The Morgan fingerprint density at radius 3 is 2.91 bits per heavy atom. The first-order chi connectivity index (χ1) is 10.6.